The Balaban J connectivity index is 1.75. The molecule has 0 heterocycles. The highest BCUT2D eigenvalue weighted by molar-refractivity contribution is 6.07. The average Bonchev–Trinajstić information content (AvgIpc) is 3.49. The highest BCUT2D eigenvalue weighted by Crippen LogP contribution is 2.37. The number of Topliss-reactive ketones (excluding diaryl/α,β-unsaturated/α-hetero) is 2. The van der Waals surface area contributed by atoms with Crippen molar-refractivity contribution >= 4 is 17.5 Å². The summed E-state index contributed by atoms with van der Waals surface area (Å²) in [6.45, 7) is 3.72. The van der Waals surface area contributed by atoms with E-state index in [0.717, 1.165) is 31.6 Å². The van der Waals surface area contributed by atoms with Gasteiger partial charge in [-0.2, -0.15) is 0 Å². The SMILES string of the molecule is CCOC(=O)C(CC)(OCCCO)C(=O)CCCC[C@H]1C(=O)CC[C@@H]1CCCCCC1CCCC1. The topological polar surface area (TPSA) is 89.9 Å². The maximum Gasteiger partial charge on any atom is 0.346 e. The van der Waals surface area contributed by atoms with Crippen molar-refractivity contribution in [2.24, 2.45) is 17.8 Å². The Morgan fingerprint density at radius 1 is 0.943 bits per heavy atom. The van der Waals surface area contributed by atoms with Crippen molar-refractivity contribution in [1.29, 1.82) is 0 Å². The molecule has 0 amide bonds. The lowest BCUT2D eigenvalue weighted by molar-refractivity contribution is -0.178. The molecule has 0 aromatic heterocycles. The first-order valence-electron chi connectivity index (χ1n) is 14.5. The number of esters is 1. The van der Waals surface area contributed by atoms with Crippen molar-refractivity contribution in [1.82, 2.24) is 0 Å². The van der Waals surface area contributed by atoms with Crippen LogP contribution in [-0.4, -0.2) is 48.1 Å². The van der Waals surface area contributed by atoms with Gasteiger partial charge in [0.15, 0.2) is 5.78 Å². The first kappa shape index (κ1) is 30.0. The number of rotatable bonds is 19. The highest BCUT2D eigenvalue weighted by Gasteiger charge is 2.46. The van der Waals surface area contributed by atoms with Crippen LogP contribution in [0.1, 0.15) is 123 Å². The monoisotopic (exact) mass is 494 g/mol. The molecule has 35 heavy (non-hydrogen) atoms. The maximum atomic E-state index is 13.1. The van der Waals surface area contributed by atoms with Gasteiger partial charge in [-0.15, -0.1) is 0 Å². The third-order valence-electron chi connectivity index (χ3n) is 8.28. The lowest BCUT2D eigenvalue weighted by atomic mass is 9.85. The number of aliphatic hydroxyl groups is 1. The number of ether oxygens (including phenoxy) is 2. The Morgan fingerprint density at radius 3 is 2.34 bits per heavy atom. The highest BCUT2D eigenvalue weighted by atomic mass is 16.6. The van der Waals surface area contributed by atoms with E-state index in [-0.39, 0.29) is 44.4 Å². The van der Waals surface area contributed by atoms with Crippen LogP contribution >= 0.6 is 0 Å². The summed E-state index contributed by atoms with van der Waals surface area (Å²) < 4.78 is 10.9. The maximum absolute atomic E-state index is 13.1. The number of ketones is 2. The fourth-order valence-electron chi connectivity index (χ4n) is 6.14. The summed E-state index contributed by atoms with van der Waals surface area (Å²) in [7, 11) is 0. The van der Waals surface area contributed by atoms with Gasteiger partial charge in [0.25, 0.3) is 0 Å². The molecule has 2 rings (SSSR count). The standard InChI is InChI=1S/C29H50O6/c1-3-29(28(33)34-4-2,35-22-12-21-30)27(32)18-11-10-17-25-24(19-20-26(25)31)16-7-5-6-13-23-14-8-9-15-23/h23-25,30H,3-22H2,1-2H3/t24-,25+,29?/m0/s1. The number of unbranched alkanes of at least 4 members (excludes halogenated alkanes) is 3. The molecule has 6 nitrogen and oxygen atoms in total. The number of aliphatic hydroxyl groups excluding tert-OH is 1. The molecular formula is C29H50O6. The van der Waals surface area contributed by atoms with Gasteiger partial charge in [-0.05, 0) is 57.3 Å². The van der Waals surface area contributed by atoms with E-state index >= 15 is 0 Å². The van der Waals surface area contributed by atoms with Gasteiger partial charge in [0.05, 0.1) is 13.2 Å². The van der Waals surface area contributed by atoms with E-state index in [1.54, 1.807) is 13.8 Å². The summed E-state index contributed by atoms with van der Waals surface area (Å²) in [6.07, 6.45) is 16.9. The fourth-order valence-corrected chi connectivity index (χ4v) is 6.14. The Bertz CT molecular complexity index is 641. The van der Waals surface area contributed by atoms with Gasteiger partial charge in [0, 0.05) is 25.4 Å². The van der Waals surface area contributed by atoms with Crippen LogP contribution in [0.4, 0.5) is 0 Å². The van der Waals surface area contributed by atoms with Crippen LogP contribution in [0.5, 0.6) is 0 Å². The van der Waals surface area contributed by atoms with Crippen LogP contribution in [0.15, 0.2) is 0 Å². The Kier molecular flexibility index (Phi) is 14.1. The van der Waals surface area contributed by atoms with Crippen molar-refractivity contribution in [2.75, 3.05) is 19.8 Å². The number of carbonyl (C=O) groups excluding carboxylic acids is 3. The molecule has 0 aromatic carbocycles. The second kappa shape index (κ2) is 16.5. The van der Waals surface area contributed by atoms with E-state index in [4.69, 9.17) is 14.6 Å². The summed E-state index contributed by atoms with van der Waals surface area (Å²) in [5.74, 6) is 1.11. The Hall–Kier alpha value is -1.27. The van der Waals surface area contributed by atoms with Crippen LogP contribution < -0.4 is 0 Å². The van der Waals surface area contributed by atoms with Crippen molar-refractivity contribution in [3.05, 3.63) is 0 Å². The van der Waals surface area contributed by atoms with Crippen LogP contribution in [0.3, 0.4) is 0 Å². The normalized spacial score (nSPS) is 22.4. The van der Waals surface area contributed by atoms with Gasteiger partial charge < -0.3 is 14.6 Å². The Labute approximate surface area is 212 Å². The van der Waals surface area contributed by atoms with Crippen LogP contribution in [0.25, 0.3) is 0 Å². The quantitative estimate of drug-likeness (QED) is 0.135. The third-order valence-corrected chi connectivity index (χ3v) is 8.28. The summed E-state index contributed by atoms with van der Waals surface area (Å²) >= 11 is 0. The molecule has 2 aliphatic rings. The van der Waals surface area contributed by atoms with Crippen molar-refractivity contribution in [3.8, 4) is 0 Å². The predicted octanol–water partition coefficient (Wildman–Crippen LogP) is 5.96. The van der Waals surface area contributed by atoms with E-state index in [9.17, 15) is 14.4 Å². The molecule has 1 unspecified atom stereocenters. The molecular weight excluding hydrogens is 444 g/mol. The summed E-state index contributed by atoms with van der Waals surface area (Å²) in [5.41, 5.74) is -1.59. The van der Waals surface area contributed by atoms with E-state index in [1.807, 2.05) is 0 Å². The van der Waals surface area contributed by atoms with Crippen molar-refractivity contribution in [3.63, 3.8) is 0 Å². The first-order valence-corrected chi connectivity index (χ1v) is 14.5. The van der Waals surface area contributed by atoms with Crippen molar-refractivity contribution in [2.45, 2.75) is 129 Å². The minimum atomic E-state index is -1.59. The largest absolute Gasteiger partial charge is 0.464 e. The minimum Gasteiger partial charge on any atom is -0.464 e. The van der Waals surface area contributed by atoms with E-state index in [1.165, 1.54) is 51.4 Å². The average molecular weight is 495 g/mol. The van der Waals surface area contributed by atoms with Crippen LogP contribution in [0.2, 0.25) is 0 Å². The van der Waals surface area contributed by atoms with Crippen molar-refractivity contribution < 1.29 is 29.0 Å². The zero-order valence-corrected chi connectivity index (χ0v) is 22.4. The zero-order valence-electron chi connectivity index (χ0n) is 22.4. The molecule has 0 spiro atoms. The predicted molar refractivity (Wildman–Crippen MR) is 137 cm³/mol. The molecule has 2 fully saturated rings. The molecule has 0 aliphatic heterocycles. The van der Waals surface area contributed by atoms with Gasteiger partial charge in [0.2, 0.25) is 5.60 Å². The molecule has 2 aliphatic carbocycles. The fraction of sp³-hybridized carbons (Fsp3) is 0.897. The van der Waals surface area contributed by atoms with Gasteiger partial charge >= 0.3 is 5.97 Å². The molecule has 6 heteroatoms. The summed E-state index contributed by atoms with van der Waals surface area (Å²) in [5, 5.41) is 9.05. The first-order chi connectivity index (χ1) is 17.0. The van der Waals surface area contributed by atoms with Gasteiger partial charge in [-0.25, -0.2) is 4.79 Å². The number of hydrogen-bond donors (Lipinski definition) is 1. The molecule has 0 bridgehead atoms. The number of carbonyl (C=O) groups is 3. The summed E-state index contributed by atoms with van der Waals surface area (Å²) in [4.78, 5) is 38.2. The molecule has 0 saturated heterocycles. The van der Waals surface area contributed by atoms with E-state index in [0.29, 0.717) is 31.0 Å². The van der Waals surface area contributed by atoms with Crippen LogP contribution in [-0.2, 0) is 23.9 Å². The lowest BCUT2D eigenvalue weighted by Crippen LogP contribution is -2.50. The van der Waals surface area contributed by atoms with E-state index < -0.39 is 11.6 Å². The molecule has 3 atom stereocenters. The zero-order chi connectivity index (χ0) is 25.5. The molecule has 0 radical (unpaired) electrons. The van der Waals surface area contributed by atoms with E-state index in [2.05, 4.69) is 0 Å². The molecule has 0 aromatic rings. The second-order valence-electron chi connectivity index (χ2n) is 10.7. The van der Waals surface area contributed by atoms with Gasteiger partial charge in [0.1, 0.15) is 5.78 Å². The third kappa shape index (κ3) is 9.27. The number of hydrogen-bond acceptors (Lipinski definition) is 6. The molecule has 202 valence electrons. The lowest BCUT2D eigenvalue weighted by Gasteiger charge is -2.29. The van der Waals surface area contributed by atoms with Gasteiger partial charge in [-0.1, -0.05) is 64.7 Å². The van der Waals surface area contributed by atoms with Gasteiger partial charge in [-0.3, -0.25) is 9.59 Å². The molecule has 2 saturated carbocycles. The summed E-state index contributed by atoms with van der Waals surface area (Å²) in [6, 6.07) is 0. The Morgan fingerprint density at radius 2 is 1.66 bits per heavy atom. The molecule has 1 N–H and O–H groups in total. The van der Waals surface area contributed by atoms with Crippen LogP contribution in [0, 0.1) is 17.8 Å². The smallest absolute Gasteiger partial charge is 0.346 e. The second-order valence-corrected chi connectivity index (χ2v) is 10.7. The minimum absolute atomic E-state index is 0.0616.